The Labute approximate surface area is 181 Å². The number of nitrogens with one attached hydrogen (secondary N) is 1. The van der Waals surface area contributed by atoms with Gasteiger partial charge in [-0.15, -0.1) is 5.10 Å². The van der Waals surface area contributed by atoms with Gasteiger partial charge in [0, 0.05) is 24.3 Å². The summed E-state index contributed by atoms with van der Waals surface area (Å²) in [6.45, 7) is 4.72. The average Bonchev–Trinajstić information content (AvgIpc) is 3.29. The van der Waals surface area contributed by atoms with Gasteiger partial charge in [0.15, 0.2) is 0 Å². The molecule has 1 amide bonds. The molecule has 4 rings (SSSR count). The molecule has 1 aliphatic rings. The second-order valence-electron chi connectivity index (χ2n) is 7.65. The number of anilines is 1. The first-order valence-electron chi connectivity index (χ1n) is 10.1. The number of hydrogen-bond acceptors (Lipinski definition) is 6. The van der Waals surface area contributed by atoms with E-state index in [1.54, 1.807) is 29.8 Å². The quantitative estimate of drug-likeness (QED) is 0.653. The summed E-state index contributed by atoms with van der Waals surface area (Å²) < 4.78 is 29.0. The highest BCUT2D eigenvalue weighted by atomic mass is 32.2. The molecule has 10 heteroatoms. The van der Waals surface area contributed by atoms with Crippen molar-refractivity contribution in [1.29, 1.82) is 0 Å². The number of amides is 1. The second-order valence-corrected chi connectivity index (χ2v) is 9.59. The van der Waals surface area contributed by atoms with Gasteiger partial charge in [-0.3, -0.25) is 4.79 Å². The van der Waals surface area contributed by atoms with Crippen molar-refractivity contribution in [3.63, 3.8) is 0 Å². The molecule has 31 heavy (non-hydrogen) atoms. The molecule has 0 radical (unpaired) electrons. The highest BCUT2D eigenvalue weighted by Gasteiger charge is 2.27. The third-order valence-corrected chi connectivity index (χ3v) is 7.35. The minimum atomic E-state index is -3.61. The Morgan fingerprint density at radius 2 is 1.77 bits per heavy atom. The van der Waals surface area contributed by atoms with Gasteiger partial charge in [0.1, 0.15) is 6.33 Å². The van der Waals surface area contributed by atoms with Gasteiger partial charge < -0.3 is 5.32 Å². The molecule has 0 atom stereocenters. The first-order chi connectivity index (χ1) is 14.9. The zero-order valence-electron chi connectivity index (χ0n) is 17.4. The number of hydrogen-bond donors (Lipinski definition) is 1. The number of aromatic nitrogens is 4. The number of carbonyl (C=O) groups excluding carboxylic acids is 1. The fourth-order valence-corrected chi connectivity index (χ4v) is 5.26. The number of carbonyl (C=O) groups is 1. The molecule has 1 aliphatic heterocycles. The molecule has 2 aromatic carbocycles. The van der Waals surface area contributed by atoms with Crippen molar-refractivity contribution in [2.24, 2.45) is 0 Å². The number of tetrazole rings is 1. The van der Waals surface area contributed by atoms with Crippen molar-refractivity contribution in [3.05, 3.63) is 59.4 Å². The van der Waals surface area contributed by atoms with Crippen LogP contribution in [-0.4, -0.2) is 51.9 Å². The largest absolute Gasteiger partial charge is 0.322 e. The first-order valence-corrected chi connectivity index (χ1v) is 11.6. The van der Waals surface area contributed by atoms with Crippen molar-refractivity contribution in [1.82, 2.24) is 24.5 Å². The van der Waals surface area contributed by atoms with Gasteiger partial charge >= 0.3 is 0 Å². The summed E-state index contributed by atoms with van der Waals surface area (Å²) in [5.41, 5.74) is 3.32. The van der Waals surface area contributed by atoms with Crippen molar-refractivity contribution in [2.45, 2.75) is 38.0 Å². The standard InChI is InChI=1S/C21H24N6O3S/c1-15-6-8-18(31(29,30)26-10-4-3-5-11-26)13-19(15)21(28)23-17-7-9-20(16(2)12-17)27-14-22-24-25-27/h6-9,12-14H,3-5,10-11H2,1-2H3,(H,23,28). The van der Waals surface area contributed by atoms with Crippen LogP contribution in [0.1, 0.15) is 40.7 Å². The van der Waals surface area contributed by atoms with Crippen LogP contribution in [0.4, 0.5) is 5.69 Å². The van der Waals surface area contributed by atoms with Gasteiger partial charge in [-0.25, -0.2) is 13.1 Å². The van der Waals surface area contributed by atoms with Crippen molar-refractivity contribution in [2.75, 3.05) is 18.4 Å². The maximum atomic E-state index is 13.0. The third kappa shape index (κ3) is 4.35. The van der Waals surface area contributed by atoms with Crippen LogP contribution in [0.5, 0.6) is 0 Å². The van der Waals surface area contributed by atoms with E-state index < -0.39 is 10.0 Å². The Hall–Kier alpha value is -3.11. The van der Waals surface area contributed by atoms with Crippen LogP contribution >= 0.6 is 0 Å². The van der Waals surface area contributed by atoms with Gasteiger partial charge in [-0.2, -0.15) is 4.31 Å². The van der Waals surface area contributed by atoms with E-state index in [0.717, 1.165) is 30.5 Å². The third-order valence-electron chi connectivity index (χ3n) is 5.46. The molecule has 0 spiro atoms. The Bertz CT molecular complexity index is 1200. The van der Waals surface area contributed by atoms with E-state index in [1.165, 1.54) is 16.7 Å². The van der Waals surface area contributed by atoms with Gasteiger partial charge in [0.25, 0.3) is 5.91 Å². The maximum Gasteiger partial charge on any atom is 0.255 e. The minimum absolute atomic E-state index is 0.148. The zero-order valence-corrected chi connectivity index (χ0v) is 18.3. The van der Waals surface area contributed by atoms with Crippen LogP contribution in [0.2, 0.25) is 0 Å². The van der Waals surface area contributed by atoms with Gasteiger partial charge in [-0.1, -0.05) is 12.5 Å². The van der Waals surface area contributed by atoms with Crippen LogP contribution in [0.15, 0.2) is 47.6 Å². The Morgan fingerprint density at radius 3 is 2.45 bits per heavy atom. The highest BCUT2D eigenvalue weighted by molar-refractivity contribution is 7.89. The van der Waals surface area contributed by atoms with Crippen LogP contribution < -0.4 is 5.32 Å². The molecule has 162 valence electrons. The van der Waals surface area contributed by atoms with Gasteiger partial charge in [0.05, 0.1) is 10.6 Å². The molecule has 1 fully saturated rings. The monoisotopic (exact) mass is 440 g/mol. The summed E-state index contributed by atoms with van der Waals surface area (Å²) in [5, 5.41) is 14.0. The fourth-order valence-electron chi connectivity index (χ4n) is 3.72. The van der Waals surface area contributed by atoms with E-state index in [9.17, 15) is 13.2 Å². The van der Waals surface area contributed by atoms with E-state index in [4.69, 9.17) is 0 Å². The number of aryl methyl sites for hydroxylation is 2. The van der Waals surface area contributed by atoms with E-state index in [0.29, 0.717) is 29.9 Å². The van der Waals surface area contributed by atoms with Gasteiger partial charge in [-0.05, 0) is 78.6 Å². The maximum absolute atomic E-state index is 13.0. The first kappa shape index (κ1) is 21.1. The molecular weight excluding hydrogens is 416 g/mol. The molecule has 0 aliphatic carbocycles. The summed E-state index contributed by atoms with van der Waals surface area (Å²) >= 11 is 0. The van der Waals surface area contributed by atoms with Crippen molar-refractivity contribution >= 4 is 21.6 Å². The molecule has 9 nitrogen and oxygen atoms in total. The summed E-state index contributed by atoms with van der Waals surface area (Å²) in [5.74, 6) is -0.359. The summed E-state index contributed by atoms with van der Waals surface area (Å²) in [6.07, 6.45) is 4.26. The van der Waals surface area contributed by atoms with Gasteiger partial charge in [0.2, 0.25) is 10.0 Å². The molecule has 0 unspecified atom stereocenters. The molecule has 1 saturated heterocycles. The number of rotatable bonds is 5. The van der Waals surface area contributed by atoms with Crippen LogP contribution in [0.3, 0.4) is 0 Å². The summed E-state index contributed by atoms with van der Waals surface area (Å²) in [6, 6.07) is 10.1. The number of piperidine rings is 1. The topological polar surface area (TPSA) is 110 Å². The fraction of sp³-hybridized carbons (Fsp3) is 0.333. The van der Waals surface area contributed by atoms with E-state index in [-0.39, 0.29) is 10.8 Å². The summed E-state index contributed by atoms with van der Waals surface area (Å²) in [7, 11) is -3.61. The lowest BCUT2D eigenvalue weighted by molar-refractivity contribution is 0.102. The number of nitrogens with zero attached hydrogens (tertiary/aromatic N) is 5. The van der Waals surface area contributed by atoms with E-state index in [2.05, 4.69) is 20.8 Å². The van der Waals surface area contributed by atoms with Crippen LogP contribution in [-0.2, 0) is 10.0 Å². The lowest BCUT2D eigenvalue weighted by atomic mass is 10.1. The molecule has 0 bridgehead atoms. The highest BCUT2D eigenvalue weighted by Crippen LogP contribution is 2.24. The molecule has 2 heterocycles. The molecule has 0 saturated carbocycles. The number of sulfonamides is 1. The van der Waals surface area contributed by atoms with E-state index >= 15 is 0 Å². The zero-order chi connectivity index (χ0) is 22.0. The smallest absolute Gasteiger partial charge is 0.255 e. The number of benzene rings is 2. The predicted octanol–water partition coefficient (Wildman–Crippen LogP) is 2.71. The average molecular weight is 441 g/mol. The summed E-state index contributed by atoms with van der Waals surface area (Å²) in [4.78, 5) is 13.1. The Morgan fingerprint density at radius 1 is 1.00 bits per heavy atom. The molecule has 3 aromatic rings. The lowest BCUT2D eigenvalue weighted by Gasteiger charge is -2.26. The van der Waals surface area contributed by atoms with Crippen LogP contribution in [0, 0.1) is 13.8 Å². The SMILES string of the molecule is Cc1ccc(S(=O)(=O)N2CCCCC2)cc1C(=O)Nc1ccc(-n2cnnn2)c(C)c1. The molecule has 1 aromatic heterocycles. The molecular formula is C21H24N6O3S. The van der Waals surface area contributed by atoms with Crippen LogP contribution in [0.25, 0.3) is 5.69 Å². The van der Waals surface area contributed by atoms with Crippen molar-refractivity contribution in [3.8, 4) is 5.69 Å². The van der Waals surface area contributed by atoms with Crippen molar-refractivity contribution < 1.29 is 13.2 Å². The minimum Gasteiger partial charge on any atom is -0.322 e. The Kier molecular flexibility index (Phi) is 5.84. The van der Waals surface area contributed by atoms with E-state index in [1.807, 2.05) is 19.1 Å². The second kappa shape index (κ2) is 8.56. The lowest BCUT2D eigenvalue weighted by Crippen LogP contribution is -2.35. The predicted molar refractivity (Wildman–Crippen MR) is 116 cm³/mol. The Balaban J connectivity index is 1.57. The normalized spacial score (nSPS) is 15.0. The molecule has 1 N–H and O–H groups in total.